The van der Waals surface area contributed by atoms with Gasteiger partial charge in [-0.15, -0.1) is 11.3 Å². The lowest BCUT2D eigenvalue weighted by molar-refractivity contribution is -0.142. The summed E-state index contributed by atoms with van der Waals surface area (Å²) in [5.41, 5.74) is 0.992. The van der Waals surface area contributed by atoms with Crippen molar-refractivity contribution in [3.8, 4) is 0 Å². The van der Waals surface area contributed by atoms with Crippen LogP contribution in [0.15, 0.2) is 5.38 Å². The monoisotopic (exact) mass is 304 g/mol. The number of thiazole rings is 1. The Labute approximate surface area is 119 Å². The van der Waals surface area contributed by atoms with Crippen LogP contribution in [0.5, 0.6) is 0 Å². The van der Waals surface area contributed by atoms with Gasteiger partial charge in [-0.3, -0.25) is 4.79 Å². The fraction of sp³-hybridized carbons (Fsp3) is 0.545. The molecule has 1 atom stereocenters. The smallest absolute Gasteiger partial charge is 0.328 e. The van der Waals surface area contributed by atoms with Crippen LogP contribution in [-0.2, 0) is 15.3 Å². The predicted octanol–water partition coefficient (Wildman–Crippen LogP) is 0.637. The number of hydrogen-bond acceptors (Lipinski definition) is 6. The second kappa shape index (κ2) is 8.13. The molecule has 1 aromatic heterocycles. The molecule has 1 rings (SSSR count). The summed E-state index contributed by atoms with van der Waals surface area (Å²) in [4.78, 5) is 26.3. The normalized spacial score (nSPS) is 12.1. The molecule has 3 N–H and O–H groups in total. The lowest BCUT2D eigenvalue weighted by Crippen LogP contribution is -2.43. The van der Waals surface area contributed by atoms with Crippen molar-refractivity contribution in [2.75, 3.05) is 12.4 Å². The number of nitrogens with zero attached hydrogens (tertiary/aromatic N) is 1. The van der Waals surface area contributed by atoms with Gasteiger partial charge in [-0.2, -0.15) is 11.8 Å². The van der Waals surface area contributed by atoms with E-state index in [1.807, 2.05) is 12.3 Å². The van der Waals surface area contributed by atoms with Gasteiger partial charge in [-0.05, 0) is 6.92 Å². The average Bonchev–Trinajstić information content (AvgIpc) is 2.77. The first kappa shape index (κ1) is 15.9. The number of hydrogen-bond donors (Lipinski definition) is 3. The summed E-state index contributed by atoms with van der Waals surface area (Å²) in [7, 11) is 0. The van der Waals surface area contributed by atoms with E-state index in [4.69, 9.17) is 10.2 Å². The molecule has 0 bridgehead atoms. The van der Waals surface area contributed by atoms with Crippen molar-refractivity contribution in [1.82, 2.24) is 10.3 Å². The summed E-state index contributed by atoms with van der Waals surface area (Å²) >= 11 is 3.15. The van der Waals surface area contributed by atoms with Crippen molar-refractivity contribution in [3.63, 3.8) is 0 Å². The molecule has 0 aliphatic heterocycles. The number of carbonyl (C=O) groups excluding carboxylic acids is 1. The summed E-state index contributed by atoms with van der Waals surface area (Å²) < 4.78 is 0. The SMILES string of the molecule is Cc1nc(CSCCC(=O)N[C@H](CO)C(=O)O)cs1. The quantitative estimate of drug-likeness (QED) is 0.609. The molecular weight excluding hydrogens is 288 g/mol. The third-order valence-corrected chi connectivity index (χ3v) is 4.02. The fourth-order valence-corrected chi connectivity index (χ4v) is 2.82. The highest BCUT2D eigenvalue weighted by molar-refractivity contribution is 7.98. The van der Waals surface area contributed by atoms with E-state index in [-0.39, 0.29) is 12.3 Å². The number of rotatable bonds is 8. The summed E-state index contributed by atoms with van der Waals surface area (Å²) in [6.07, 6.45) is 0.220. The highest BCUT2D eigenvalue weighted by Crippen LogP contribution is 2.15. The van der Waals surface area contributed by atoms with E-state index in [9.17, 15) is 9.59 Å². The molecule has 0 aliphatic rings. The van der Waals surface area contributed by atoms with Crippen molar-refractivity contribution in [2.45, 2.75) is 25.1 Å². The first-order valence-electron chi connectivity index (χ1n) is 5.64. The van der Waals surface area contributed by atoms with E-state index in [2.05, 4.69) is 10.3 Å². The van der Waals surface area contributed by atoms with Gasteiger partial charge in [0.1, 0.15) is 6.04 Å². The number of carboxylic acids is 1. The zero-order valence-corrected chi connectivity index (χ0v) is 12.1. The van der Waals surface area contributed by atoms with E-state index in [1.165, 1.54) is 0 Å². The molecule has 19 heavy (non-hydrogen) atoms. The topological polar surface area (TPSA) is 99.5 Å². The lowest BCUT2D eigenvalue weighted by Gasteiger charge is -2.11. The number of aliphatic hydroxyl groups is 1. The van der Waals surface area contributed by atoms with E-state index in [1.54, 1.807) is 23.1 Å². The number of aliphatic carboxylic acids is 1. The van der Waals surface area contributed by atoms with Crippen LogP contribution < -0.4 is 5.32 Å². The minimum absolute atomic E-state index is 0.220. The van der Waals surface area contributed by atoms with Crippen LogP contribution >= 0.6 is 23.1 Å². The van der Waals surface area contributed by atoms with Gasteiger partial charge in [-0.25, -0.2) is 9.78 Å². The van der Waals surface area contributed by atoms with Gasteiger partial charge in [0, 0.05) is 23.3 Å². The van der Waals surface area contributed by atoms with Crippen LogP contribution in [0, 0.1) is 6.92 Å². The van der Waals surface area contributed by atoms with Crippen molar-refractivity contribution < 1.29 is 19.8 Å². The number of amides is 1. The molecule has 0 aromatic carbocycles. The van der Waals surface area contributed by atoms with E-state index in [0.717, 1.165) is 16.5 Å². The van der Waals surface area contributed by atoms with E-state index in [0.29, 0.717) is 5.75 Å². The Morgan fingerprint density at radius 1 is 1.58 bits per heavy atom. The highest BCUT2D eigenvalue weighted by Gasteiger charge is 2.18. The second-order valence-electron chi connectivity index (χ2n) is 3.80. The summed E-state index contributed by atoms with van der Waals surface area (Å²) in [6.45, 7) is 1.33. The minimum atomic E-state index is -1.23. The molecule has 0 saturated heterocycles. The van der Waals surface area contributed by atoms with Crippen molar-refractivity contribution >= 4 is 35.0 Å². The molecule has 0 fully saturated rings. The number of carboxylic acid groups (broad SMARTS) is 1. The van der Waals surface area contributed by atoms with E-state index >= 15 is 0 Å². The van der Waals surface area contributed by atoms with Crippen LogP contribution in [-0.4, -0.2) is 45.5 Å². The van der Waals surface area contributed by atoms with Crippen LogP contribution in [0.3, 0.4) is 0 Å². The maximum Gasteiger partial charge on any atom is 0.328 e. The summed E-state index contributed by atoms with van der Waals surface area (Å²) in [5, 5.41) is 22.7. The minimum Gasteiger partial charge on any atom is -0.480 e. The van der Waals surface area contributed by atoms with Crippen molar-refractivity contribution in [1.29, 1.82) is 0 Å². The first-order valence-corrected chi connectivity index (χ1v) is 7.68. The highest BCUT2D eigenvalue weighted by atomic mass is 32.2. The molecule has 0 radical (unpaired) electrons. The Hall–Kier alpha value is -1.12. The van der Waals surface area contributed by atoms with Gasteiger partial charge in [0.25, 0.3) is 0 Å². The number of aromatic nitrogens is 1. The van der Waals surface area contributed by atoms with Crippen molar-refractivity contribution in [3.05, 3.63) is 16.1 Å². The molecule has 6 nitrogen and oxygen atoms in total. The van der Waals surface area contributed by atoms with E-state index < -0.39 is 18.6 Å². The number of thioether (sulfide) groups is 1. The number of nitrogens with one attached hydrogen (secondary N) is 1. The number of aryl methyl sites for hydroxylation is 1. The zero-order chi connectivity index (χ0) is 14.3. The zero-order valence-electron chi connectivity index (χ0n) is 10.5. The third kappa shape index (κ3) is 6.04. The molecule has 0 spiro atoms. The van der Waals surface area contributed by atoms with Gasteiger partial charge in [-0.1, -0.05) is 0 Å². The standard InChI is InChI=1S/C11H16N2O4S2/c1-7-12-8(6-19-7)5-18-3-2-10(15)13-9(4-14)11(16)17/h6,9,14H,2-5H2,1H3,(H,13,15)(H,16,17)/t9-/m1/s1. The Morgan fingerprint density at radius 2 is 2.32 bits per heavy atom. The second-order valence-corrected chi connectivity index (χ2v) is 5.97. The van der Waals surface area contributed by atoms with Gasteiger partial charge in [0.05, 0.1) is 17.3 Å². The molecule has 1 heterocycles. The van der Waals surface area contributed by atoms with Gasteiger partial charge in [0.15, 0.2) is 0 Å². The molecule has 1 aromatic rings. The van der Waals surface area contributed by atoms with Crippen LogP contribution in [0.1, 0.15) is 17.1 Å². The molecule has 0 aliphatic carbocycles. The molecule has 8 heteroatoms. The number of carbonyl (C=O) groups is 2. The van der Waals surface area contributed by atoms with Crippen molar-refractivity contribution in [2.24, 2.45) is 0 Å². The average molecular weight is 304 g/mol. The summed E-state index contributed by atoms with van der Waals surface area (Å²) in [6, 6.07) is -1.22. The van der Waals surface area contributed by atoms with Crippen LogP contribution in [0.2, 0.25) is 0 Å². The van der Waals surface area contributed by atoms with Gasteiger partial charge < -0.3 is 15.5 Å². The maximum absolute atomic E-state index is 11.4. The van der Waals surface area contributed by atoms with Gasteiger partial charge >= 0.3 is 5.97 Å². The fourth-order valence-electron chi connectivity index (χ4n) is 1.27. The largest absolute Gasteiger partial charge is 0.480 e. The molecular formula is C11H16N2O4S2. The number of aliphatic hydroxyl groups excluding tert-OH is 1. The molecule has 1 amide bonds. The van der Waals surface area contributed by atoms with Crippen LogP contribution in [0.25, 0.3) is 0 Å². The molecule has 0 unspecified atom stereocenters. The van der Waals surface area contributed by atoms with Crippen LogP contribution in [0.4, 0.5) is 0 Å². The molecule has 106 valence electrons. The maximum atomic E-state index is 11.4. The van der Waals surface area contributed by atoms with Gasteiger partial charge in [0.2, 0.25) is 5.91 Å². The Bertz CT molecular complexity index is 436. The Morgan fingerprint density at radius 3 is 2.84 bits per heavy atom. The first-order chi connectivity index (χ1) is 9.02. The Kier molecular flexibility index (Phi) is 6.82. The molecule has 0 saturated carbocycles. The summed E-state index contributed by atoms with van der Waals surface area (Å²) in [5.74, 6) is -0.287. The Balaban J connectivity index is 2.18. The predicted molar refractivity (Wildman–Crippen MR) is 74.3 cm³/mol. The lowest BCUT2D eigenvalue weighted by atomic mass is 10.3. The third-order valence-electron chi connectivity index (χ3n) is 2.21.